The second-order valence-corrected chi connectivity index (χ2v) is 9.26. The molecule has 0 bridgehead atoms. The number of nitrogens with zero attached hydrogens (tertiary/aromatic N) is 1. The van der Waals surface area contributed by atoms with E-state index in [0.717, 1.165) is 27.8 Å². The van der Waals surface area contributed by atoms with Gasteiger partial charge in [-0.2, -0.15) is 0 Å². The number of primary sulfonamides is 1. The highest BCUT2D eigenvalue weighted by atomic mass is 32.2. The maximum atomic E-state index is 12.7. The highest BCUT2D eigenvalue weighted by Gasteiger charge is 2.16. The second-order valence-electron chi connectivity index (χ2n) is 7.70. The molecule has 0 aliphatic carbocycles. The van der Waals surface area contributed by atoms with Crippen molar-refractivity contribution in [1.82, 2.24) is 4.90 Å². The Hall–Kier alpha value is -3.00. The summed E-state index contributed by atoms with van der Waals surface area (Å²) in [5, 5.41) is 8.08. The van der Waals surface area contributed by atoms with Crippen LogP contribution in [-0.2, 0) is 21.4 Å². The summed E-state index contributed by atoms with van der Waals surface area (Å²) in [6.45, 7) is 4.36. The van der Waals surface area contributed by atoms with Crippen molar-refractivity contribution in [2.45, 2.75) is 25.3 Å². The summed E-state index contributed by atoms with van der Waals surface area (Å²) >= 11 is 0. The Morgan fingerprint density at radius 3 is 2.32 bits per heavy atom. The molecule has 0 aliphatic rings. The third-order valence-electron chi connectivity index (χ3n) is 5.20. The van der Waals surface area contributed by atoms with E-state index in [4.69, 9.17) is 5.14 Å². The van der Waals surface area contributed by atoms with Crippen molar-refractivity contribution in [1.29, 1.82) is 0 Å². The lowest BCUT2D eigenvalue weighted by Gasteiger charge is -2.19. The first-order valence-electron chi connectivity index (χ1n) is 9.91. The number of carbonyl (C=O) groups is 1. The first-order valence-corrected chi connectivity index (χ1v) is 11.5. The number of nitrogens with two attached hydrogens (primary N) is 1. The highest BCUT2D eigenvalue weighted by Crippen LogP contribution is 2.25. The number of nitrogens with one attached hydrogen (secondary N) is 1. The fraction of sp³-hybridized carbons (Fsp3) is 0.208. The van der Waals surface area contributed by atoms with E-state index in [1.54, 1.807) is 6.92 Å². The Kier molecular flexibility index (Phi) is 6.90. The third-order valence-corrected chi connectivity index (χ3v) is 6.09. The van der Waals surface area contributed by atoms with Gasteiger partial charge in [-0.25, -0.2) is 13.6 Å². The molecule has 3 rings (SSSR count). The van der Waals surface area contributed by atoms with Crippen molar-refractivity contribution in [3.63, 3.8) is 0 Å². The number of carbonyl (C=O) groups excluding carboxylic acids is 1. The Balaban J connectivity index is 1.73. The van der Waals surface area contributed by atoms with Crippen LogP contribution in [0.4, 0.5) is 5.69 Å². The third kappa shape index (κ3) is 5.79. The Labute approximate surface area is 183 Å². The number of amides is 1. The zero-order chi connectivity index (χ0) is 22.6. The van der Waals surface area contributed by atoms with Crippen LogP contribution in [0.25, 0.3) is 11.1 Å². The molecule has 0 unspecified atom stereocenters. The van der Waals surface area contributed by atoms with Gasteiger partial charge in [0.25, 0.3) is 0 Å². The van der Waals surface area contributed by atoms with E-state index in [-0.39, 0.29) is 17.3 Å². The molecule has 0 heterocycles. The van der Waals surface area contributed by atoms with Gasteiger partial charge in [0.2, 0.25) is 15.9 Å². The summed E-state index contributed by atoms with van der Waals surface area (Å²) in [5.41, 5.74) is 5.37. The zero-order valence-corrected chi connectivity index (χ0v) is 18.7. The molecule has 3 N–H and O–H groups in total. The fourth-order valence-corrected chi connectivity index (χ4v) is 4.08. The van der Waals surface area contributed by atoms with Gasteiger partial charge < -0.3 is 5.32 Å². The van der Waals surface area contributed by atoms with Gasteiger partial charge in [0.15, 0.2) is 0 Å². The molecule has 162 valence electrons. The number of benzene rings is 3. The van der Waals surface area contributed by atoms with Crippen molar-refractivity contribution >= 4 is 21.6 Å². The predicted octanol–water partition coefficient (Wildman–Crippen LogP) is 3.69. The number of sulfonamides is 1. The summed E-state index contributed by atoms with van der Waals surface area (Å²) in [5.74, 6) is -0.228. The van der Waals surface area contributed by atoms with E-state index in [0.29, 0.717) is 12.2 Å². The highest BCUT2D eigenvalue weighted by molar-refractivity contribution is 7.89. The summed E-state index contributed by atoms with van der Waals surface area (Å²) in [4.78, 5) is 14.6. The number of aryl methyl sites for hydroxylation is 1. The molecule has 1 amide bonds. The Morgan fingerprint density at radius 1 is 1.00 bits per heavy atom. The standard InChI is InChI=1S/C24H27N3O3S/c1-17-13-21(31(25,29)30)14-23(18(17)2)26-24(28)16-27(3)15-20-11-7-8-12-22(20)19-9-5-4-6-10-19/h4-14H,15-16H2,1-3H3,(H,26,28)(H2,25,29,30). The van der Waals surface area contributed by atoms with Crippen molar-refractivity contribution in [3.8, 4) is 11.1 Å². The minimum absolute atomic E-state index is 0.0176. The molecule has 0 saturated carbocycles. The van der Waals surface area contributed by atoms with Crippen LogP contribution < -0.4 is 10.5 Å². The number of hydrogen-bond acceptors (Lipinski definition) is 4. The van der Waals surface area contributed by atoms with E-state index in [1.807, 2.05) is 49.2 Å². The normalized spacial score (nSPS) is 11.5. The van der Waals surface area contributed by atoms with Crippen molar-refractivity contribution < 1.29 is 13.2 Å². The minimum Gasteiger partial charge on any atom is -0.325 e. The van der Waals surface area contributed by atoms with E-state index < -0.39 is 10.0 Å². The smallest absolute Gasteiger partial charge is 0.238 e. The molecule has 0 spiro atoms. The zero-order valence-electron chi connectivity index (χ0n) is 17.9. The molecular formula is C24H27N3O3S. The van der Waals surface area contributed by atoms with Crippen LogP contribution in [0.15, 0.2) is 71.6 Å². The van der Waals surface area contributed by atoms with Gasteiger partial charge in [0, 0.05) is 12.2 Å². The average Bonchev–Trinajstić information content (AvgIpc) is 2.71. The molecule has 0 aliphatic heterocycles. The number of hydrogen-bond donors (Lipinski definition) is 2. The molecule has 3 aromatic rings. The van der Waals surface area contributed by atoms with Gasteiger partial charge in [0.1, 0.15) is 0 Å². The summed E-state index contributed by atoms with van der Waals surface area (Å²) in [6.07, 6.45) is 0. The summed E-state index contributed by atoms with van der Waals surface area (Å²) in [7, 11) is -1.98. The van der Waals surface area contributed by atoms with Crippen LogP contribution in [0, 0.1) is 13.8 Å². The van der Waals surface area contributed by atoms with Crippen LogP contribution in [0.1, 0.15) is 16.7 Å². The lowest BCUT2D eigenvalue weighted by atomic mass is 9.99. The number of rotatable bonds is 7. The molecule has 3 aromatic carbocycles. The van der Waals surface area contributed by atoms with E-state index in [2.05, 4.69) is 29.6 Å². The quantitative estimate of drug-likeness (QED) is 0.590. The Bertz CT molecular complexity index is 1190. The van der Waals surface area contributed by atoms with E-state index >= 15 is 0 Å². The number of anilines is 1. The van der Waals surface area contributed by atoms with Crippen LogP contribution in [-0.4, -0.2) is 32.8 Å². The first kappa shape index (κ1) is 22.7. The molecule has 0 atom stereocenters. The second kappa shape index (κ2) is 9.43. The Morgan fingerprint density at radius 2 is 1.65 bits per heavy atom. The van der Waals surface area contributed by atoms with Crippen LogP contribution in [0.5, 0.6) is 0 Å². The van der Waals surface area contributed by atoms with Crippen molar-refractivity contribution in [2.24, 2.45) is 5.14 Å². The largest absolute Gasteiger partial charge is 0.325 e. The average molecular weight is 438 g/mol. The van der Waals surface area contributed by atoms with Crippen LogP contribution >= 0.6 is 0 Å². The molecule has 6 nitrogen and oxygen atoms in total. The van der Waals surface area contributed by atoms with Gasteiger partial charge in [-0.3, -0.25) is 9.69 Å². The van der Waals surface area contributed by atoms with Crippen LogP contribution in [0.2, 0.25) is 0 Å². The summed E-state index contributed by atoms with van der Waals surface area (Å²) in [6, 6.07) is 21.1. The van der Waals surface area contributed by atoms with Gasteiger partial charge in [-0.05, 0) is 60.8 Å². The molecule has 0 fully saturated rings. The van der Waals surface area contributed by atoms with Crippen molar-refractivity contribution in [3.05, 3.63) is 83.4 Å². The van der Waals surface area contributed by atoms with Crippen LogP contribution in [0.3, 0.4) is 0 Å². The molecule has 31 heavy (non-hydrogen) atoms. The maximum Gasteiger partial charge on any atom is 0.238 e. The first-order chi connectivity index (χ1) is 14.6. The van der Waals surface area contributed by atoms with Gasteiger partial charge in [0.05, 0.1) is 11.4 Å². The number of likely N-dealkylation sites (N-methyl/N-ethyl adjacent to an activating group) is 1. The minimum atomic E-state index is -3.86. The van der Waals surface area contributed by atoms with E-state index in [1.165, 1.54) is 12.1 Å². The topological polar surface area (TPSA) is 92.5 Å². The van der Waals surface area contributed by atoms with Gasteiger partial charge in [-0.1, -0.05) is 54.6 Å². The SMILES string of the molecule is Cc1cc(S(N)(=O)=O)cc(NC(=O)CN(C)Cc2ccccc2-c2ccccc2)c1C. The monoisotopic (exact) mass is 437 g/mol. The molecule has 7 heteroatoms. The van der Waals surface area contributed by atoms with Crippen molar-refractivity contribution in [2.75, 3.05) is 18.9 Å². The molecular weight excluding hydrogens is 410 g/mol. The van der Waals surface area contributed by atoms with Gasteiger partial charge >= 0.3 is 0 Å². The lowest BCUT2D eigenvalue weighted by molar-refractivity contribution is -0.117. The van der Waals surface area contributed by atoms with E-state index in [9.17, 15) is 13.2 Å². The molecule has 0 aromatic heterocycles. The van der Waals surface area contributed by atoms with Gasteiger partial charge in [-0.15, -0.1) is 0 Å². The predicted molar refractivity (Wildman–Crippen MR) is 124 cm³/mol. The lowest BCUT2D eigenvalue weighted by Crippen LogP contribution is -2.30. The molecule has 0 radical (unpaired) electrons. The fourth-order valence-electron chi connectivity index (χ4n) is 3.46. The maximum absolute atomic E-state index is 12.7. The molecule has 0 saturated heterocycles. The summed E-state index contributed by atoms with van der Waals surface area (Å²) < 4.78 is 23.4.